The van der Waals surface area contributed by atoms with Crippen molar-refractivity contribution in [2.45, 2.75) is 47.0 Å². The predicted octanol–water partition coefficient (Wildman–Crippen LogP) is 2.54. The van der Waals surface area contributed by atoms with Crippen molar-refractivity contribution >= 4 is 5.97 Å². The monoisotopic (exact) mass is 272 g/mol. The maximum Gasteiger partial charge on any atom is 0.307 e. The molecule has 1 unspecified atom stereocenters. The van der Waals surface area contributed by atoms with E-state index >= 15 is 0 Å². The number of carboxylic acids is 1. The molecule has 0 aromatic carbocycles. The minimum atomic E-state index is -0.691. The minimum Gasteiger partial charge on any atom is -0.481 e. The number of unbranched alkanes of at least 4 members (excludes halogenated alkanes) is 2. The first-order valence-electron chi connectivity index (χ1n) is 7.72. The Labute approximate surface area is 118 Å². The van der Waals surface area contributed by atoms with E-state index < -0.39 is 5.97 Å². The standard InChI is InChI=1S/C15H32N2O2/c1-5-8-9-10-17(13-14(4)15(18)19)12-11-16(6-2)7-3/h14H,5-13H2,1-4H3,(H,18,19). The van der Waals surface area contributed by atoms with Crippen LogP contribution < -0.4 is 0 Å². The highest BCUT2D eigenvalue weighted by Crippen LogP contribution is 2.04. The van der Waals surface area contributed by atoms with Gasteiger partial charge in [-0.2, -0.15) is 0 Å². The minimum absolute atomic E-state index is 0.279. The molecule has 0 rings (SSSR count). The number of hydrogen-bond acceptors (Lipinski definition) is 3. The summed E-state index contributed by atoms with van der Waals surface area (Å²) in [4.78, 5) is 15.7. The van der Waals surface area contributed by atoms with Crippen LogP contribution in [0.15, 0.2) is 0 Å². The summed E-state index contributed by atoms with van der Waals surface area (Å²) in [6.45, 7) is 14.2. The molecule has 0 aliphatic heterocycles. The van der Waals surface area contributed by atoms with E-state index in [0.29, 0.717) is 6.54 Å². The lowest BCUT2D eigenvalue weighted by Gasteiger charge is -2.27. The van der Waals surface area contributed by atoms with Crippen LogP contribution in [0.2, 0.25) is 0 Å². The first kappa shape index (κ1) is 18.4. The molecule has 4 heteroatoms. The maximum absolute atomic E-state index is 11.0. The number of aliphatic carboxylic acids is 1. The van der Waals surface area contributed by atoms with Gasteiger partial charge in [0, 0.05) is 19.6 Å². The molecule has 0 bridgehead atoms. The van der Waals surface area contributed by atoms with Gasteiger partial charge in [0.2, 0.25) is 0 Å². The van der Waals surface area contributed by atoms with E-state index in [9.17, 15) is 4.79 Å². The van der Waals surface area contributed by atoms with Gasteiger partial charge in [-0.1, -0.05) is 40.5 Å². The van der Waals surface area contributed by atoms with E-state index in [4.69, 9.17) is 5.11 Å². The third kappa shape index (κ3) is 9.00. The molecule has 19 heavy (non-hydrogen) atoms. The van der Waals surface area contributed by atoms with Crippen molar-refractivity contribution in [3.63, 3.8) is 0 Å². The highest BCUT2D eigenvalue weighted by atomic mass is 16.4. The maximum atomic E-state index is 11.0. The van der Waals surface area contributed by atoms with Crippen LogP contribution in [0.1, 0.15) is 47.0 Å². The number of rotatable bonds is 12. The molecular weight excluding hydrogens is 240 g/mol. The lowest BCUT2D eigenvalue weighted by Crippen LogP contribution is -2.39. The molecule has 4 nitrogen and oxygen atoms in total. The smallest absolute Gasteiger partial charge is 0.307 e. The summed E-state index contributed by atoms with van der Waals surface area (Å²) >= 11 is 0. The summed E-state index contributed by atoms with van der Waals surface area (Å²) in [6, 6.07) is 0. The zero-order chi connectivity index (χ0) is 14.7. The van der Waals surface area contributed by atoms with E-state index in [1.165, 1.54) is 19.3 Å². The molecule has 0 saturated heterocycles. The molecule has 0 spiro atoms. The Kier molecular flexibility index (Phi) is 10.9. The molecule has 0 aliphatic carbocycles. The second-order valence-electron chi connectivity index (χ2n) is 5.27. The first-order chi connectivity index (χ1) is 9.04. The number of carboxylic acid groups (broad SMARTS) is 1. The number of nitrogens with zero attached hydrogens (tertiary/aromatic N) is 2. The van der Waals surface area contributed by atoms with Gasteiger partial charge in [0.25, 0.3) is 0 Å². The summed E-state index contributed by atoms with van der Waals surface area (Å²) in [5.74, 6) is -0.971. The fraction of sp³-hybridized carbons (Fsp3) is 0.933. The van der Waals surface area contributed by atoms with Gasteiger partial charge in [-0.05, 0) is 26.1 Å². The van der Waals surface area contributed by atoms with Crippen molar-refractivity contribution < 1.29 is 9.90 Å². The van der Waals surface area contributed by atoms with Crippen LogP contribution in [-0.2, 0) is 4.79 Å². The van der Waals surface area contributed by atoms with Crippen LogP contribution in [0.4, 0.5) is 0 Å². The van der Waals surface area contributed by atoms with Gasteiger partial charge >= 0.3 is 5.97 Å². The Hall–Kier alpha value is -0.610. The van der Waals surface area contributed by atoms with E-state index in [-0.39, 0.29) is 5.92 Å². The first-order valence-corrected chi connectivity index (χ1v) is 7.72. The molecule has 0 aromatic heterocycles. The Morgan fingerprint density at radius 2 is 1.58 bits per heavy atom. The van der Waals surface area contributed by atoms with E-state index in [2.05, 4.69) is 30.6 Å². The number of hydrogen-bond donors (Lipinski definition) is 1. The second-order valence-corrected chi connectivity index (χ2v) is 5.27. The average Bonchev–Trinajstić information content (AvgIpc) is 2.39. The Morgan fingerprint density at radius 3 is 2.05 bits per heavy atom. The normalized spacial score (nSPS) is 13.2. The predicted molar refractivity (Wildman–Crippen MR) is 80.6 cm³/mol. The lowest BCUT2D eigenvalue weighted by molar-refractivity contribution is -0.141. The molecule has 0 fully saturated rings. The molecule has 1 N–H and O–H groups in total. The summed E-state index contributed by atoms with van der Waals surface area (Å²) in [5.41, 5.74) is 0. The zero-order valence-corrected chi connectivity index (χ0v) is 13.2. The molecule has 0 heterocycles. The molecule has 0 saturated carbocycles. The summed E-state index contributed by atoms with van der Waals surface area (Å²) in [6.07, 6.45) is 3.60. The SMILES string of the molecule is CCCCCN(CCN(CC)CC)CC(C)C(=O)O. The Morgan fingerprint density at radius 1 is 1.00 bits per heavy atom. The highest BCUT2D eigenvalue weighted by molar-refractivity contribution is 5.69. The summed E-state index contributed by atoms with van der Waals surface area (Å²) < 4.78 is 0. The molecule has 114 valence electrons. The van der Waals surface area contributed by atoms with Gasteiger partial charge in [0.15, 0.2) is 0 Å². The fourth-order valence-electron chi connectivity index (χ4n) is 2.17. The number of carbonyl (C=O) groups is 1. The molecule has 0 radical (unpaired) electrons. The van der Waals surface area contributed by atoms with Gasteiger partial charge in [-0.3, -0.25) is 4.79 Å². The van der Waals surface area contributed by atoms with Gasteiger partial charge in [0.1, 0.15) is 0 Å². The van der Waals surface area contributed by atoms with E-state index in [0.717, 1.165) is 32.7 Å². The third-order valence-electron chi connectivity index (χ3n) is 3.66. The molecule has 0 aromatic rings. The van der Waals surface area contributed by atoms with Crippen LogP contribution >= 0.6 is 0 Å². The van der Waals surface area contributed by atoms with Crippen LogP contribution in [0.3, 0.4) is 0 Å². The van der Waals surface area contributed by atoms with Crippen molar-refractivity contribution in [3.05, 3.63) is 0 Å². The van der Waals surface area contributed by atoms with Crippen molar-refractivity contribution in [1.29, 1.82) is 0 Å². The van der Waals surface area contributed by atoms with Crippen molar-refractivity contribution in [2.24, 2.45) is 5.92 Å². The van der Waals surface area contributed by atoms with E-state index in [1.807, 2.05) is 0 Å². The van der Waals surface area contributed by atoms with Gasteiger partial charge in [-0.25, -0.2) is 0 Å². The topological polar surface area (TPSA) is 43.8 Å². The summed E-state index contributed by atoms with van der Waals surface area (Å²) in [5, 5.41) is 9.04. The largest absolute Gasteiger partial charge is 0.481 e. The van der Waals surface area contributed by atoms with Crippen LogP contribution in [0, 0.1) is 5.92 Å². The molecular formula is C15H32N2O2. The average molecular weight is 272 g/mol. The fourth-order valence-corrected chi connectivity index (χ4v) is 2.17. The molecule has 0 aliphatic rings. The van der Waals surface area contributed by atoms with Crippen molar-refractivity contribution in [1.82, 2.24) is 9.80 Å². The summed E-state index contributed by atoms with van der Waals surface area (Å²) in [7, 11) is 0. The van der Waals surface area contributed by atoms with Crippen molar-refractivity contribution in [3.8, 4) is 0 Å². The Balaban J connectivity index is 4.19. The quantitative estimate of drug-likeness (QED) is 0.555. The highest BCUT2D eigenvalue weighted by Gasteiger charge is 2.16. The van der Waals surface area contributed by atoms with Crippen LogP contribution in [0.5, 0.6) is 0 Å². The van der Waals surface area contributed by atoms with Crippen molar-refractivity contribution in [2.75, 3.05) is 39.3 Å². The van der Waals surface area contributed by atoms with E-state index in [1.54, 1.807) is 6.92 Å². The number of likely N-dealkylation sites (N-methyl/N-ethyl adjacent to an activating group) is 1. The zero-order valence-electron chi connectivity index (χ0n) is 13.2. The van der Waals surface area contributed by atoms with Crippen LogP contribution in [0.25, 0.3) is 0 Å². The molecule has 0 amide bonds. The third-order valence-corrected chi connectivity index (χ3v) is 3.66. The van der Waals surface area contributed by atoms with Gasteiger partial charge < -0.3 is 14.9 Å². The second kappa shape index (κ2) is 11.2. The van der Waals surface area contributed by atoms with Crippen LogP contribution in [-0.4, -0.2) is 60.1 Å². The molecule has 1 atom stereocenters. The lowest BCUT2D eigenvalue weighted by atomic mass is 10.1. The van der Waals surface area contributed by atoms with Gasteiger partial charge in [0.05, 0.1) is 5.92 Å². The Bertz CT molecular complexity index is 230. The van der Waals surface area contributed by atoms with Gasteiger partial charge in [-0.15, -0.1) is 0 Å².